The van der Waals surface area contributed by atoms with E-state index in [9.17, 15) is 18.0 Å². The summed E-state index contributed by atoms with van der Waals surface area (Å²) in [7, 11) is 0. The van der Waals surface area contributed by atoms with Crippen molar-refractivity contribution in [3.8, 4) is 0 Å². The highest BCUT2D eigenvalue weighted by Crippen LogP contribution is 2.28. The van der Waals surface area contributed by atoms with E-state index < -0.39 is 17.3 Å². The maximum absolute atomic E-state index is 12.2. The molecule has 1 rings (SSSR count). The van der Waals surface area contributed by atoms with E-state index in [4.69, 9.17) is 0 Å². The van der Waals surface area contributed by atoms with Crippen molar-refractivity contribution >= 4 is 15.9 Å². The molecule has 0 fully saturated rings. The van der Waals surface area contributed by atoms with Crippen molar-refractivity contribution in [1.29, 1.82) is 0 Å². The van der Waals surface area contributed by atoms with Crippen molar-refractivity contribution in [2.24, 2.45) is 0 Å². The minimum absolute atomic E-state index is 0.136. The molecule has 92 valence electrons. The largest absolute Gasteiger partial charge is 0.421 e. The Morgan fingerprint density at radius 1 is 1.44 bits per heavy atom. The molecule has 7 heteroatoms. The van der Waals surface area contributed by atoms with Crippen LogP contribution >= 0.6 is 15.9 Å². The van der Waals surface area contributed by atoms with Crippen LogP contribution in [0.5, 0.6) is 0 Å². The first-order chi connectivity index (χ1) is 7.32. The number of aromatic amines is 1. The Hall–Kier alpha value is -0.850. The molecule has 0 aliphatic heterocycles. The third-order valence-electron chi connectivity index (χ3n) is 1.54. The molecule has 0 bridgehead atoms. The second kappa shape index (κ2) is 6.03. The molecule has 1 heterocycles. The molecular formula is C9H12BrF3N2O. The van der Waals surface area contributed by atoms with Crippen molar-refractivity contribution in [2.45, 2.75) is 31.8 Å². The lowest BCUT2D eigenvalue weighted by molar-refractivity contribution is -0.138. The smallest absolute Gasteiger partial charge is 0.267 e. The monoisotopic (exact) mass is 300 g/mol. The second-order valence-electron chi connectivity index (χ2n) is 2.65. The van der Waals surface area contributed by atoms with Gasteiger partial charge in [-0.05, 0) is 13.0 Å². The Morgan fingerprint density at radius 2 is 1.94 bits per heavy atom. The Bertz CT molecular complexity index is 387. The number of rotatable bonds is 1. The summed E-state index contributed by atoms with van der Waals surface area (Å²) in [6.07, 6.45) is -4.65. The molecule has 1 aromatic rings. The standard InChI is InChI=1S/C7H6BrF3N2O.C2H6/c1-3(8)5-2-4(7(9,10)11)6(14)13-12-5;1-2/h2-3H,1H3,(H,13,14);1-2H3. The molecule has 1 atom stereocenters. The van der Waals surface area contributed by atoms with E-state index in [0.29, 0.717) is 0 Å². The van der Waals surface area contributed by atoms with Crippen LogP contribution in [0, 0.1) is 0 Å². The predicted molar refractivity (Wildman–Crippen MR) is 58.5 cm³/mol. The van der Waals surface area contributed by atoms with Gasteiger partial charge in [-0.2, -0.15) is 18.3 Å². The number of alkyl halides is 4. The van der Waals surface area contributed by atoms with E-state index in [0.717, 1.165) is 6.07 Å². The molecule has 0 aliphatic carbocycles. The molecule has 0 saturated heterocycles. The summed E-state index contributed by atoms with van der Waals surface area (Å²) in [5.74, 6) is 0. The molecule has 1 N–H and O–H groups in total. The lowest BCUT2D eigenvalue weighted by Gasteiger charge is -2.07. The van der Waals surface area contributed by atoms with E-state index >= 15 is 0 Å². The molecule has 0 amide bonds. The van der Waals surface area contributed by atoms with E-state index in [1.165, 1.54) is 0 Å². The van der Waals surface area contributed by atoms with Crippen LogP contribution in [0.2, 0.25) is 0 Å². The Labute approximate surface area is 99.2 Å². The Kier molecular flexibility index (Phi) is 5.71. The van der Waals surface area contributed by atoms with Crippen molar-refractivity contribution in [2.75, 3.05) is 0 Å². The summed E-state index contributed by atoms with van der Waals surface area (Å²) < 4.78 is 36.7. The first kappa shape index (κ1) is 15.2. The number of aromatic nitrogens is 2. The van der Waals surface area contributed by atoms with Crippen LogP contribution in [0.1, 0.15) is 36.9 Å². The van der Waals surface area contributed by atoms with Gasteiger partial charge in [0.05, 0.1) is 10.5 Å². The second-order valence-corrected chi connectivity index (χ2v) is 4.02. The summed E-state index contributed by atoms with van der Waals surface area (Å²) >= 11 is 3.06. The van der Waals surface area contributed by atoms with Gasteiger partial charge in [0.25, 0.3) is 5.56 Å². The van der Waals surface area contributed by atoms with Crippen LogP contribution < -0.4 is 5.56 Å². The van der Waals surface area contributed by atoms with Crippen LogP contribution in [-0.4, -0.2) is 10.2 Å². The fourth-order valence-electron chi connectivity index (χ4n) is 0.836. The van der Waals surface area contributed by atoms with Gasteiger partial charge in [-0.1, -0.05) is 29.8 Å². The zero-order valence-corrected chi connectivity index (χ0v) is 10.6. The highest BCUT2D eigenvalue weighted by molar-refractivity contribution is 9.09. The van der Waals surface area contributed by atoms with Crippen molar-refractivity contribution in [3.63, 3.8) is 0 Å². The summed E-state index contributed by atoms with van der Waals surface area (Å²) in [4.78, 5) is 10.4. The van der Waals surface area contributed by atoms with Crippen LogP contribution in [0.4, 0.5) is 13.2 Å². The first-order valence-corrected chi connectivity index (χ1v) is 5.55. The van der Waals surface area contributed by atoms with Gasteiger partial charge in [-0.15, -0.1) is 0 Å². The average molecular weight is 301 g/mol. The zero-order valence-electron chi connectivity index (χ0n) is 9.02. The molecule has 0 saturated carbocycles. The molecule has 0 aliphatic rings. The van der Waals surface area contributed by atoms with Gasteiger partial charge in [-0.25, -0.2) is 5.10 Å². The van der Waals surface area contributed by atoms with Gasteiger partial charge in [0, 0.05) is 0 Å². The molecule has 1 unspecified atom stereocenters. The molecular weight excluding hydrogens is 289 g/mol. The highest BCUT2D eigenvalue weighted by Gasteiger charge is 2.34. The van der Waals surface area contributed by atoms with Gasteiger partial charge >= 0.3 is 6.18 Å². The van der Waals surface area contributed by atoms with E-state index in [1.807, 2.05) is 13.8 Å². The van der Waals surface area contributed by atoms with E-state index in [1.54, 1.807) is 12.0 Å². The topological polar surface area (TPSA) is 45.8 Å². The molecule has 1 aromatic heterocycles. The highest BCUT2D eigenvalue weighted by atomic mass is 79.9. The minimum atomic E-state index is -4.65. The molecule has 0 radical (unpaired) electrons. The fourth-order valence-corrected chi connectivity index (χ4v) is 1.07. The summed E-state index contributed by atoms with van der Waals surface area (Å²) in [6, 6.07) is 0.734. The first-order valence-electron chi connectivity index (χ1n) is 4.63. The maximum atomic E-state index is 12.2. The molecule has 16 heavy (non-hydrogen) atoms. The maximum Gasteiger partial charge on any atom is 0.421 e. The molecule has 0 spiro atoms. The van der Waals surface area contributed by atoms with Crippen molar-refractivity contribution in [3.05, 3.63) is 27.7 Å². The number of H-pyrrole nitrogens is 1. The third kappa shape index (κ3) is 3.96. The van der Waals surface area contributed by atoms with Crippen LogP contribution in [0.25, 0.3) is 0 Å². The Morgan fingerprint density at radius 3 is 2.31 bits per heavy atom. The molecule has 3 nitrogen and oxygen atoms in total. The van der Waals surface area contributed by atoms with Gasteiger partial charge in [0.1, 0.15) is 5.56 Å². The van der Waals surface area contributed by atoms with E-state index in [-0.39, 0.29) is 10.5 Å². The lowest BCUT2D eigenvalue weighted by Crippen LogP contribution is -2.23. The number of hydrogen-bond acceptors (Lipinski definition) is 2. The third-order valence-corrected chi connectivity index (χ3v) is 2.01. The number of hydrogen-bond donors (Lipinski definition) is 1. The van der Waals surface area contributed by atoms with Crippen molar-refractivity contribution in [1.82, 2.24) is 10.2 Å². The Balaban J connectivity index is 0.00000106. The number of nitrogens with one attached hydrogen (secondary N) is 1. The summed E-state index contributed by atoms with van der Waals surface area (Å²) in [5.41, 5.74) is -2.32. The van der Waals surface area contributed by atoms with Crippen LogP contribution in [-0.2, 0) is 6.18 Å². The summed E-state index contributed by atoms with van der Waals surface area (Å²) in [6.45, 7) is 5.61. The summed E-state index contributed by atoms with van der Waals surface area (Å²) in [5, 5.41) is 5.27. The SMILES string of the molecule is CC.CC(Br)c1cc(C(F)(F)F)c(=O)[nH]n1. The van der Waals surface area contributed by atoms with Gasteiger partial charge in [-0.3, -0.25) is 4.79 Å². The average Bonchev–Trinajstić information content (AvgIpc) is 2.19. The fraction of sp³-hybridized carbons (Fsp3) is 0.556. The molecule has 0 aromatic carbocycles. The van der Waals surface area contributed by atoms with Crippen LogP contribution in [0.3, 0.4) is 0 Å². The lowest BCUT2D eigenvalue weighted by atomic mass is 10.2. The van der Waals surface area contributed by atoms with Gasteiger partial charge in [0.15, 0.2) is 0 Å². The predicted octanol–water partition coefficient (Wildman–Crippen LogP) is 3.27. The van der Waals surface area contributed by atoms with E-state index in [2.05, 4.69) is 21.0 Å². The normalized spacial score (nSPS) is 12.7. The minimum Gasteiger partial charge on any atom is -0.267 e. The van der Waals surface area contributed by atoms with Crippen molar-refractivity contribution < 1.29 is 13.2 Å². The van der Waals surface area contributed by atoms with Crippen LogP contribution in [0.15, 0.2) is 10.9 Å². The number of nitrogens with zero attached hydrogens (tertiary/aromatic N) is 1. The zero-order chi connectivity index (χ0) is 12.9. The quantitative estimate of drug-likeness (QED) is 0.809. The number of halogens is 4. The van der Waals surface area contributed by atoms with Gasteiger partial charge < -0.3 is 0 Å². The van der Waals surface area contributed by atoms with Gasteiger partial charge in [0.2, 0.25) is 0 Å².